The van der Waals surface area contributed by atoms with Gasteiger partial charge >= 0.3 is 0 Å². The van der Waals surface area contributed by atoms with Crippen molar-refractivity contribution in [2.24, 2.45) is 0 Å². The largest absolute Gasteiger partial charge is 0.308 e. The van der Waals surface area contributed by atoms with E-state index in [-0.39, 0.29) is 5.82 Å². The van der Waals surface area contributed by atoms with Crippen molar-refractivity contribution < 1.29 is 8.78 Å². The van der Waals surface area contributed by atoms with Gasteiger partial charge in [-0.05, 0) is 35.7 Å². The maximum atomic E-state index is 13.4. The summed E-state index contributed by atoms with van der Waals surface area (Å²) in [4.78, 5) is 0. The van der Waals surface area contributed by atoms with E-state index in [0.717, 1.165) is 18.6 Å². The molecule has 0 saturated heterocycles. The smallest absolute Gasteiger partial charge is 0.127 e. The maximum absolute atomic E-state index is 13.4. The number of rotatable bonds is 5. The SMILES string of the molecule is CCc1ccccc1CNCc1cc(F)ccc1F. The quantitative estimate of drug-likeness (QED) is 0.862. The molecule has 1 nitrogen and oxygen atoms in total. The van der Waals surface area contributed by atoms with E-state index in [9.17, 15) is 8.78 Å². The lowest BCUT2D eigenvalue weighted by atomic mass is 10.1. The van der Waals surface area contributed by atoms with Crippen LogP contribution in [0.2, 0.25) is 0 Å². The summed E-state index contributed by atoms with van der Waals surface area (Å²) in [5.41, 5.74) is 2.82. The van der Waals surface area contributed by atoms with Gasteiger partial charge in [0, 0.05) is 18.7 Å². The molecule has 0 amide bonds. The normalized spacial score (nSPS) is 10.7. The van der Waals surface area contributed by atoms with Gasteiger partial charge in [-0.15, -0.1) is 0 Å². The van der Waals surface area contributed by atoms with Crippen molar-refractivity contribution in [3.63, 3.8) is 0 Å². The van der Waals surface area contributed by atoms with Crippen molar-refractivity contribution in [1.82, 2.24) is 5.32 Å². The van der Waals surface area contributed by atoms with E-state index in [1.807, 2.05) is 18.2 Å². The Balaban J connectivity index is 1.98. The minimum atomic E-state index is -0.410. The molecule has 3 heteroatoms. The second kappa shape index (κ2) is 6.43. The van der Waals surface area contributed by atoms with Crippen LogP contribution in [0.1, 0.15) is 23.6 Å². The van der Waals surface area contributed by atoms with Crippen LogP contribution in [-0.4, -0.2) is 0 Å². The molecule has 0 heterocycles. The third kappa shape index (κ3) is 3.61. The molecule has 0 radical (unpaired) electrons. The number of halogens is 2. The molecule has 0 aliphatic carbocycles. The zero-order chi connectivity index (χ0) is 13.7. The first-order valence-corrected chi connectivity index (χ1v) is 6.42. The van der Waals surface area contributed by atoms with Crippen LogP contribution >= 0.6 is 0 Å². The van der Waals surface area contributed by atoms with Crippen LogP contribution < -0.4 is 5.32 Å². The number of hydrogen-bond acceptors (Lipinski definition) is 1. The molecule has 0 aliphatic heterocycles. The molecule has 0 spiro atoms. The highest BCUT2D eigenvalue weighted by atomic mass is 19.1. The van der Waals surface area contributed by atoms with E-state index in [0.29, 0.717) is 18.7 Å². The molecule has 0 fully saturated rings. The first-order valence-electron chi connectivity index (χ1n) is 6.42. The van der Waals surface area contributed by atoms with Gasteiger partial charge in [-0.2, -0.15) is 0 Å². The summed E-state index contributed by atoms with van der Waals surface area (Å²) in [6.07, 6.45) is 0.964. The Morgan fingerprint density at radius 2 is 1.58 bits per heavy atom. The molecular weight excluding hydrogens is 244 g/mol. The summed E-state index contributed by atoms with van der Waals surface area (Å²) < 4.78 is 26.5. The molecule has 0 atom stereocenters. The third-order valence-corrected chi connectivity index (χ3v) is 3.14. The van der Waals surface area contributed by atoms with Crippen LogP contribution in [0.15, 0.2) is 42.5 Å². The van der Waals surface area contributed by atoms with Gasteiger partial charge in [0.1, 0.15) is 11.6 Å². The Bertz CT molecular complexity index is 552. The Morgan fingerprint density at radius 3 is 2.32 bits per heavy atom. The number of hydrogen-bond donors (Lipinski definition) is 1. The second-order valence-electron chi connectivity index (χ2n) is 4.46. The molecule has 2 aromatic rings. The molecule has 0 aliphatic rings. The molecule has 100 valence electrons. The van der Waals surface area contributed by atoms with E-state index in [1.165, 1.54) is 17.2 Å². The van der Waals surface area contributed by atoms with Crippen LogP contribution in [0.3, 0.4) is 0 Å². The average molecular weight is 261 g/mol. The monoisotopic (exact) mass is 261 g/mol. The number of nitrogens with one attached hydrogen (secondary N) is 1. The van der Waals surface area contributed by atoms with Crippen LogP contribution in [-0.2, 0) is 19.5 Å². The summed E-state index contributed by atoms with van der Waals surface area (Å²) >= 11 is 0. The van der Waals surface area contributed by atoms with Crippen LogP contribution in [0, 0.1) is 11.6 Å². The summed E-state index contributed by atoms with van der Waals surface area (Å²) in [7, 11) is 0. The van der Waals surface area contributed by atoms with Crippen molar-refractivity contribution in [1.29, 1.82) is 0 Å². The Kier molecular flexibility index (Phi) is 4.63. The van der Waals surface area contributed by atoms with Gasteiger partial charge < -0.3 is 5.32 Å². The van der Waals surface area contributed by atoms with Crippen molar-refractivity contribution in [2.75, 3.05) is 0 Å². The topological polar surface area (TPSA) is 12.0 Å². The lowest BCUT2D eigenvalue weighted by molar-refractivity contribution is 0.568. The first-order chi connectivity index (χ1) is 9.20. The van der Waals surface area contributed by atoms with Crippen molar-refractivity contribution in [2.45, 2.75) is 26.4 Å². The zero-order valence-corrected chi connectivity index (χ0v) is 10.9. The molecule has 0 saturated carbocycles. The predicted octanol–water partition coefficient (Wildman–Crippen LogP) is 3.82. The molecule has 1 N–H and O–H groups in total. The standard InChI is InChI=1S/C16H17F2N/c1-2-12-5-3-4-6-13(12)10-19-11-14-9-15(17)7-8-16(14)18/h3-9,19H,2,10-11H2,1H3. The second-order valence-corrected chi connectivity index (χ2v) is 4.46. The Morgan fingerprint density at radius 1 is 0.895 bits per heavy atom. The van der Waals surface area contributed by atoms with Gasteiger partial charge in [0.15, 0.2) is 0 Å². The van der Waals surface area contributed by atoms with E-state index < -0.39 is 5.82 Å². The third-order valence-electron chi connectivity index (χ3n) is 3.14. The van der Waals surface area contributed by atoms with Crippen LogP contribution in [0.5, 0.6) is 0 Å². The number of benzene rings is 2. The zero-order valence-electron chi connectivity index (χ0n) is 10.9. The van der Waals surface area contributed by atoms with Gasteiger partial charge in [0.2, 0.25) is 0 Å². The molecule has 2 aromatic carbocycles. The van der Waals surface area contributed by atoms with Gasteiger partial charge in [-0.1, -0.05) is 31.2 Å². The van der Waals surface area contributed by atoms with Gasteiger partial charge in [0.05, 0.1) is 0 Å². The lowest BCUT2D eigenvalue weighted by Gasteiger charge is -2.09. The van der Waals surface area contributed by atoms with Gasteiger partial charge in [-0.3, -0.25) is 0 Å². The summed E-state index contributed by atoms with van der Waals surface area (Å²) in [5, 5.41) is 3.15. The highest BCUT2D eigenvalue weighted by molar-refractivity contribution is 5.27. The summed E-state index contributed by atoms with van der Waals surface area (Å²) in [5.74, 6) is -0.787. The highest BCUT2D eigenvalue weighted by Gasteiger charge is 2.04. The predicted molar refractivity (Wildman–Crippen MR) is 72.7 cm³/mol. The van der Waals surface area contributed by atoms with Crippen molar-refractivity contribution in [3.05, 3.63) is 70.8 Å². The maximum Gasteiger partial charge on any atom is 0.127 e. The van der Waals surface area contributed by atoms with Crippen molar-refractivity contribution >= 4 is 0 Å². The van der Waals surface area contributed by atoms with Gasteiger partial charge in [-0.25, -0.2) is 8.78 Å². The Labute approximate surface area is 112 Å². The van der Waals surface area contributed by atoms with E-state index in [4.69, 9.17) is 0 Å². The fraction of sp³-hybridized carbons (Fsp3) is 0.250. The fourth-order valence-electron chi connectivity index (χ4n) is 2.09. The minimum absolute atomic E-state index is 0.321. The fourth-order valence-corrected chi connectivity index (χ4v) is 2.09. The summed E-state index contributed by atoms with van der Waals surface area (Å²) in [6.45, 7) is 3.08. The molecule has 0 bridgehead atoms. The molecule has 0 aromatic heterocycles. The molecular formula is C16H17F2N. The van der Waals surface area contributed by atoms with Gasteiger partial charge in [0.25, 0.3) is 0 Å². The summed E-state index contributed by atoms with van der Waals surface area (Å²) in [6, 6.07) is 11.6. The van der Waals surface area contributed by atoms with Crippen molar-refractivity contribution in [3.8, 4) is 0 Å². The highest BCUT2D eigenvalue weighted by Crippen LogP contribution is 2.11. The molecule has 2 rings (SSSR count). The molecule has 0 unspecified atom stereocenters. The van der Waals surface area contributed by atoms with E-state index >= 15 is 0 Å². The molecule has 19 heavy (non-hydrogen) atoms. The van der Waals surface area contributed by atoms with E-state index in [2.05, 4.69) is 18.3 Å². The average Bonchev–Trinajstić information content (AvgIpc) is 2.43. The number of aryl methyl sites for hydroxylation is 1. The minimum Gasteiger partial charge on any atom is -0.308 e. The lowest BCUT2D eigenvalue weighted by Crippen LogP contribution is -2.15. The van der Waals surface area contributed by atoms with E-state index in [1.54, 1.807) is 0 Å². The van der Waals surface area contributed by atoms with Crippen LogP contribution in [0.25, 0.3) is 0 Å². The first kappa shape index (κ1) is 13.7. The Hall–Kier alpha value is -1.74. The van der Waals surface area contributed by atoms with Crippen LogP contribution in [0.4, 0.5) is 8.78 Å².